The summed E-state index contributed by atoms with van der Waals surface area (Å²) in [6.45, 7) is 0. The highest BCUT2D eigenvalue weighted by atomic mass is 16.5. The van der Waals surface area contributed by atoms with Crippen molar-refractivity contribution in [1.82, 2.24) is 10.0 Å². The Morgan fingerprint density at radius 3 is 1.76 bits per heavy atom. The van der Waals surface area contributed by atoms with E-state index in [1.165, 1.54) is 19.2 Å². The summed E-state index contributed by atoms with van der Waals surface area (Å²) in [6.07, 6.45) is 1.20. The van der Waals surface area contributed by atoms with Gasteiger partial charge in [0.1, 0.15) is 0 Å². The van der Waals surface area contributed by atoms with Gasteiger partial charge in [0.15, 0.2) is 11.1 Å². The number of rotatable bonds is 3. The molecule has 0 N–H and O–H groups in total. The Morgan fingerprint density at radius 2 is 1.36 bits per heavy atom. The number of esters is 2. The van der Waals surface area contributed by atoms with Crippen molar-refractivity contribution in [1.29, 1.82) is 0 Å². The van der Waals surface area contributed by atoms with E-state index in [1.807, 2.05) is 0 Å². The highest BCUT2D eigenvalue weighted by Gasteiger charge is 2.89. The molecule has 0 spiro atoms. The molecule has 130 valence electrons. The largest absolute Gasteiger partial charge is 0.468 e. The number of benzene rings is 1. The van der Waals surface area contributed by atoms with Crippen molar-refractivity contribution in [2.45, 2.75) is 30.3 Å². The first kappa shape index (κ1) is 15.8. The fourth-order valence-corrected chi connectivity index (χ4v) is 4.42. The van der Waals surface area contributed by atoms with E-state index in [-0.39, 0.29) is 11.1 Å². The Labute approximate surface area is 143 Å². The first-order valence-corrected chi connectivity index (χ1v) is 7.92. The van der Waals surface area contributed by atoms with Crippen LogP contribution < -0.4 is 0 Å². The minimum atomic E-state index is -1.37. The van der Waals surface area contributed by atoms with Crippen LogP contribution in [0.4, 0.5) is 0 Å². The number of hydrogen-bond acceptors (Lipinski definition) is 7. The summed E-state index contributed by atoms with van der Waals surface area (Å²) in [5, 5.41) is 2.17. The van der Waals surface area contributed by atoms with Gasteiger partial charge in [0.05, 0.1) is 25.3 Å². The van der Waals surface area contributed by atoms with E-state index in [1.54, 1.807) is 24.3 Å². The monoisotopic (exact) mass is 344 g/mol. The number of hydrazine groups is 1. The van der Waals surface area contributed by atoms with E-state index >= 15 is 0 Å². The fourth-order valence-electron chi connectivity index (χ4n) is 4.42. The van der Waals surface area contributed by atoms with Crippen LogP contribution in [0.5, 0.6) is 0 Å². The van der Waals surface area contributed by atoms with Gasteiger partial charge in [0.2, 0.25) is 0 Å². The van der Waals surface area contributed by atoms with E-state index in [0.29, 0.717) is 19.3 Å². The average Bonchev–Trinajstić information content (AvgIpc) is 2.90. The molecule has 8 heteroatoms. The van der Waals surface area contributed by atoms with Crippen LogP contribution in [-0.2, 0) is 19.1 Å². The summed E-state index contributed by atoms with van der Waals surface area (Å²) in [6, 6.07) is 6.40. The molecule has 0 bridgehead atoms. The van der Waals surface area contributed by atoms with Gasteiger partial charge in [-0.05, 0) is 31.4 Å². The molecule has 8 nitrogen and oxygen atoms in total. The lowest BCUT2D eigenvalue weighted by molar-refractivity contribution is -0.149. The van der Waals surface area contributed by atoms with Crippen molar-refractivity contribution in [2.75, 3.05) is 14.2 Å². The number of ether oxygens (including phenoxy) is 2. The Hall–Kier alpha value is -2.74. The average molecular weight is 344 g/mol. The number of methoxy groups -OCH3 is 2. The van der Waals surface area contributed by atoms with Crippen molar-refractivity contribution >= 4 is 23.8 Å². The number of piperidine rings is 1. The Morgan fingerprint density at radius 1 is 0.920 bits per heavy atom. The molecule has 4 rings (SSSR count). The van der Waals surface area contributed by atoms with Crippen molar-refractivity contribution < 1.29 is 28.7 Å². The zero-order valence-electron chi connectivity index (χ0n) is 13.8. The zero-order valence-corrected chi connectivity index (χ0v) is 13.8. The van der Waals surface area contributed by atoms with E-state index in [4.69, 9.17) is 9.47 Å². The highest BCUT2D eigenvalue weighted by molar-refractivity contribution is 6.22. The van der Waals surface area contributed by atoms with Crippen LogP contribution in [0.3, 0.4) is 0 Å². The molecule has 3 aliphatic rings. The van der Waals surface area contributed by atoms with Crippen molar-refractivity contribution in [3.8, 4) is 0 Å². The van der Waals surface area contributed by atoms with Gasteiger partial charge in [-0.1, -0.05) is 12.1 Å². The maximum atomic E-state index is 12.8. The molecule has 1 aromatic rings. The molecule has 1 saturated heterocycles. The number of imide groups is 1. The van der Waals surface area contributed by atoms with Gasteiger partial charge in [0, 0.05) is 0 Å². The van der Waals surface area contributed by atoms with E-state index in [2.05, 4.69) is 0 Å². The van der Waals surface area contributed by atoms with Crippen LogP contribution in [0.1, 0.15) is 40.0 Å². The lowest BCUT2D eigenvalue weighted by atomic mass is 9.96. The normalized spacial score (nSPS) is 32.2. The summed E-state index contributed by atoms with van der Waals surface area (Å²) >= 11 is 0. The predicted octanol–water partition coefficient (Wildman–Crippen LogP) is 0.521. The Balaban J connectivity index is 1.83. The molecule has 2 unspecified atom stereocenters. The maximum absolute atomic E-state index is 12.8. The molecule has 1 saturated carbocycles. The van der Waals surface area contributed by atoms with Crippen LogP contribution >= 0.6 is 0 Å². The number of fused-ring (bicyclic) bond motifs is 2. The van der Waals surface area contributed by atoms with Gasteiger partial charge in [-0.25, -0.2) is 9.59 Å². The third-order valence-electron chi connectivity index (χ3n) is 5.45. The molecule has 0 aromatic heterocycles. The number of carbonyl (C=O) groups excluding carboxylic acids is 4. The Bertz CT molecular complexity index is 771. The molecular weight excluding hydrogens is 328 g/mol. The van der Waals surface area contributed by atoms with Gasteiger partial charge in [0.25, 0.3) is 11.8 Å². The van der Waals surface area contributed by atoms with Crippen molar-refractivity contribution in [3.05, 3.63) is 35.4 Å². The van der Waals surface area contributed by atoms with Gasteiger partial charge in [-0.3, -0.25) is 9.59 Å². The number of nitrogens with zero attached hydrogens (tertiary/aromatic N) is 2. The molecule has 2 atom stereocenters. The zero-order chi connectivity index (χ0) is 18.0. The molecule has 2 fully saturated rings. The van der Waals surface area contributed by atoms with E-state index in [9.17, 15) is 19.2 Å². The summed E-state index contributed by atoms with van der Waals surface area (Å²) < 4.78 is 9.80. The molecule has 25 heavy (non-hydrogen) atoms. The second-order valence-electron chi connectivity index (χ2n) is 6.34. The van der Waals surface area contributed by atoms with Gasteiger partial charge in [-0.2, -0.15) is 10.0 Å². The molecule has 2 aliphatic heterocycles. The van der Waals surface area contributed by atoms with E-state index < -0.39 is 34.8 Å². The second kappa shape index (κ2) is 4.89. The Kier molecular flexibility index (Phi) is 3.08. The first-order chi connectivity index (χ1) is 12.0. The van der Waals surface area contributed by atoms with Crippen LogP contribution in [0.15, 0.2) is 24.3 Å². The van der Waals surface area contributed by atoms with Crippen LogP contribution in [0.2, 0.25) is 0 Å². The van der Waals surface area contributed by atoms with E-state index in [0.717, 1.165) is 5.01 Å². The first-order valence-electron chi connectivity index (χ1n) is 7.92. The minimum absolute atomic E-state index is 0.248. The van der Waals surface area contributed by atoms with Gasteiger partial charge >= 0.3 is 11.9 Å². The number of amides is 2. The summed E-state index contributed by atoms with van der Waals surface area (Å²) in [5.41, 5.74) is -2.25. The van der Waals surface area contributed by atoms with Crippen LogP contribution in [0.25, 0.3) is 0 Å². The predicted molar refractivity (Wildman–Crippen MR) is 82.1 cm³/mol. The lowest BCUT2D eigenvalue weighted by Crippen LogP contribution is -2.44. The highest BCUT2D eigenvalue weighted by Crippen LogP contribution is 2.65. The molecule has 2 heterocycles. The van der Waals surface area contributed by atoms with Crippen molar-refractivity contribution in [2.24, 2.45) is 0 Å². The second-order valence-corrected chi connectivity index (χ2v) is 6.34. The quantitative estimate of drug-likeness (QED) is 0.448. The fraction of sp³-hybridized carbons (Fsp3) is 0.412. The molecular formula is C17H16N2O6. The SMILES string of the molecule is COC(=O)C12CCCC1(C(=O)OC)N2N1C(=O)c2ccccc2C1=O. The third-order valence-corrected chi connectivity index (χ3v) is 5.45. The van der Waals surface area contributed by atoms with Crippen molar-refractivity contribution in [3.63, 3.8) is 0 Å². The maximum Gasteiger partial charge on any atom is 0.330 e. The third kappa shape index (κ3) is 1.55. The van der Waals surface area contributed by atoms with Crippen LogP contribution in [-0.4, -0.2) is 59.1 Å². The smallest absolute Gasteiger partial charge is 0.330 e. The molecule has 1 aromatic carbocycles. The molecule has 0 radical (unpaired) electrons. The number of hydrogen-bond donors (Lipinski definition) is 0. The minimum Gasteiger partial charge on any atom is -0.468 e. The van der Waals surface area contributed by atoms with Gasteiger partial charge < -0.3 is 9.47 Å². The summed E-state index contributed by atoms with van der Waals surface area (Å²) in [4.78, 5) is 50.6. The molecule has 2 amide bonds. The van der Waals surface area contributed by atoms with Crippen LogP contribution in [0, 0.1) is 0 Å². The lowest BCUT2D eigenvalue weighted by Gasteiger charge is -2.22. The standard InChI is InChI=1S/C17H16N2O6/c1-24-14(22)16-8-5-9-17(16,15(23)25-2)19(16)18-12(20)10-6-3-4-7-11(10)13(18)21/h3-4,6-7H,5,8-9H2,1-2H3. The molecule has 1 aliphatic carbocycles. The topological polar surface area (TPSA) is 93.0 Å². The number of carbonyl (C=O) groups is 4. The summed E-state index contributed by atoms with van der Waals surface area (Å²) in [5.74, 6) is -2.40. The summed E-state index contributed by atoms with van der Waals surface area (Å²) in [7, 11) is 2.44. The van der Waals surface area contributed by atoms with Gasteiger partial charge in [-0.15, -0.1) is 0 Å².